The van der Waals surface area contributed by atoms with Crippen LogP contribution in [0.2, 0.25) is 0 Å². The molecular weight excluding hydrogens is 322 g/mol. The summed E-state index contributed by atoms with van der Waals surface area (Å²) in [6.07, 6.45) is 2.41. The number of para-hydroxylation sites is 1. The van der Waals surface area contributed by atoms with Gasteiger partial charge in [0.05, 0.1) is 24.1 Å². The highest BCUT2D eigenvalue weighted by molar-refractivity contribution is 7.92. The minimum atomic E-state index is -3.41. The number of ether oxygens (including phenoxy) is 1. The molecule has 2 aromatic rings. The van der Waals surface area contributed by atoms with Crippen LogP contribution in [0.1, 0.15) is 18.4 Å². The van der Waals surface area contributed by atoms with Crippen LogP contribution < -0.4 is 4.31 Å². The van der Waals surface area contributed by atoms with Crippen molar-refractivity contribution in [1.82, 2.24) is 0 Å². The van der Waals surface area contributed by atoms with Crippen LogP contribution >= 0.6 is 0 Å². The molecule has 1 saturated heterocycles. The summed E-state index contributed by atoms with van der Waals surface area (Å²) in [4.78, 5) is 0. The largest absolute Gasteiger partial charge is 0.376 e. The number of anilines is 1. The molecule has 0 radical (unpaired) electrons. The van der Waals surface area contributed by atoms with Crippen molar-refractivity contribution in [1.29, 1.82) is 0 Å². The van der Waals surface area contributed by atoms with E-state index in [9.17, 15) is 8.42 Å². The predicted octanol–water partition coefficient (Wildman–Crippen LogP) is 3.24. The van der Waals surface area contributed by atoms with Gasteiger partial charge in [0, 0.05) is 6.61 Å². The summed E-state index contributed by atoms with van der Waals surface area (Å²) >= 11 is 0. The Hall–Kier alpha value is -1.85. The van der Waals surface area contributed by atoms with Gasteiger partial charge in [0.15, 0.2) is 0 Å². The normalized spacial score (nSPS) is 17.8. The molecule has 1 heterocycles. The third kappa shape index (κ3) is 4.36. The molecular formula is C19H23NO3S. The minimum Gasteiger partial charge on any atom is -0.376 e. The van der Waals surface area contributed by atoms with E-state index >= 15 is 0 Å². The third-order valence-electron chi connectivity index (χ3n) is 4.26. The van der Waals surface area contributed by atoms with Crippen LogP contribution in [0.4, 0.5) is 5.69 Å². The first-order valence-corrected chi connectivity index (χ1v) is 9.97. The summed E-state index contributed by atoms with van der Waals surface area (Å²) in [6.45, 7) is 1.11. The van der Waals surface area contributed by atoms with Crippen molar-refractivity contribution >= 4 is 15.7 Å². The SMILES string of the molecule is O=S(=O)(CCc1ccccc1)N(CC1CCCO1)c1ccccc1. The summed E-state index contributed by atoms with van der Waals surface area (Å²) in [5, 5.41) is 0. The Labute approximate surface area is 144 Å². The van der Waals surface area contributed by atoms with Gasteiger partial charge in [0.2, 0.25) is 10.0 Å². The average molecular weight is 345 g/mol. The highest BCUT2D eigenvalue weighted by atomic mass is 32.2. The molecule has 1 aliphatic heterocycles. The van der Waals surface area contributed by atoms with E-state index < -0.39 is 10.0 Å². The number of rotatable bonds is 7. The Balaban J connectivity index is 1.77. The Morgan fingerprint density at radius 3 is 2.29 bits per heavy atom. The van der Waals surface area contributed by atoms with Gasteiger partial charge in [-0.3, -0.25) is 4.31 Å². The topological polar surface area (TPSA) is 46.6 Å². The van der Waals surface area contributed by atoms with E-state index in [2.05, 4.69) is 0 Å². The van der Waals surface area contributed by atoms with Crippen LogP contribution in [0.25, 0.3) is 0 Å². The van der Waals surface area contributed by atoms with E-state index in [1.807, 2.05) is 60.7 Å². The zero-order valence-corrected chi connectivity index (χ0v) is 14.5. The highest BCUT2D eigenvalue weighted by Gasteiger charge is 2.27. The average Bonchev–Trinajstić information content (AvgIpc) is 3.13. The quantitative estimate of drug-likeness (QED) is 0.774. The van der Waals surface area contributed by atoms with E-state index in [0.717, 1.165) is 25.0 Å². The van der Waals surface area contributed by atoms with Gasteiger partial charge in [-0.25, -0.2) is 8.42 Å². The molecule has 1 atom stereocenters. The molecule has 0 amide bonds. The molecule has 1 unspecified atom stereocenters. The number of aryl methyl sites for hydroxylation is 1. The second-order valence-corrected chi connectivity index (χ2v) is 8.07. The molecule has 0 aliphatic carbocycles. The summed E-state index contributed by atoms with van der Waals surface area (Å²) in [5.74, 6) is 0.0959. The molecule has 128 valence electrons. The summed E-state index contributed by atoms with van der Waals surface area (Å²) < 4.78 is 33.1. The lowest BCUT2D eigenvalue weighted by Crippen LogP contribution is -2.39. The number of hydrogen-bond donors (Lipinski definition) is 0. The van der Waals surface area contributed by atoms with Crippen LogP contribution in [0.5, 0.6) is 0 Å². The van der Waals surface area contributed by atoms with Crippen LogP contribution in [0, 0.1) is 0 Å². The van der Waals surface area contributed by atoms with Crippen LogP contribution in [-0.2, 0) is 21.2 Å². The second kappa shape index (κ2) is 7.81. The fourth-order valence-corrected chi connectivity index (χ4v) is 4.50. The molecule has 4 nitrogen and oxygen atoms in total. The summed E-state index contributed by atoms with van der Waals surface area (Å²) in [6, 6.07) is 19.0. The molecule has 3 rings (SSSR count). The van der Waals surface area contributed by atoms with Crippen molar-refractivity contribution in [3.05, 3.63) is 66.2 Å². The summed E-state index contributed by atoms with van der Waals surface area (Å²) in [5.41, 5.74) is 1.74. The maximum Gasteiger partial charge on any atom is 0.235 e. The Morgan fingerprint density at radius 2 is 1.67 bits per heavy atom. The van der Waals surface area contributed by atoms with Gasteiger partial charge in [0.1, 0.15) is 0 Å². The Kier molecular flexibility index (Phi) is 5.53. The van der Waals surface area contributed by atoms with Crippen molar-refractivity contribution in [2.24, 2.45) is 0 Å². The molecule has 0 spiro atoms. The van der Waals surface area contributed by atoms with Crippen molar-refractivity contribution in [3.63, 3.8) is 0 Å². The van der Waals surface area contributed by atoms with Crippen molar-refractivity contribution in [2.45, 2.75) is 25.4 Å². The molecule has 1 aliphatic rings. The fraction of sp³-hybridized carbons (Fsp3) is 0.368. The van der Waals surface area contributed by atoms with Crippen molar-refractivity contribution < 1.29 is 13.2 Å². The first-order chi connectivity index (χ1) is 11.6. The Bertz CT molecular complexity index is 726. The second-order valence-electron chi connectivity index (χ2n) is 6.05. The van der Waals surface area contributed by atoms with E-state index in [0.29, 0.717) is 18.7 Å². The number of sulfonamides is 1. The monoisotopic (exact) mass is 345 g/mol. The zero-order valence-electron chi connectivity index (χ0n) is 13.7. The molecule has 2 aromatic carbocycles. The number of hydrogen-bond acceptors (Lipinski definition) is 3. The fourth-order valence-electron chi connectivity index (χ4n) is 2.95. The van der Waals surface area contributed by atoms with Gasteiger partial charge in [-0.15, -0.1) is 0 Å². The smallest absolute Gasteiger partial charge is 0.235 e. The van der Waals surface area contributed by atoms with E-state index in [-0.39, 0.29) is 11.9 Å². The van der Waals surface area contributed by atoms with Gasteiger partial charge in [-0.1, -0.05) is 48.5 Å². The first-order valence-electron chi connectivity index (χ1n) is 8.36. The van der Waals surface area contributed by atoms with Gasteiger partial charge in [-0.2, -0.15) is 0 Å². The summed E-state index contributed by atoms with van der Waals surface area (Å²) in [7, 11) is -3.41. The molecule has 5 heteroatoms. The lowest BCUT2D eigenvalue weighted by Gasteiger charge is -2.27. The number of nitrogens with zero attached hydrogens (tertiary/aromatic N) is 1. The lowest BCUT2D eigenvalue weighted by molar-refractivity contribution is 0.118. The van der Waals surface area contributed by atoms with Crippen LogP contribution in [-0.4, -0.2) is 33.4 Å². The van der Waals surface area contributed by atoms with Gasteiger partial charge < -0.3 is 4.74 Å². The minimum absolute atomic E-state index is 0.0169. The van der Waals surface area contributed by atoms with Gasteiger partial charge in [-0.05, 0) is 37.0 Å². The van der Waals surface area contributed by atoms with Crippen LogP contribution in [0.3, 0.4) is 0 Å². The maximum absolute atomic E-state index is 13.0. The maximum atomic E-state index is 13.0. The predicted molar refractivity (Wildman–Crippen MR) is 96.7 cm³/mol. The molecule has 1 fully saturated rings. The van der Waals surface area contributed by atoms with Gasteiger partial charge in [0.25, 0.3) is 0 Å². The Morgan fingerprint density at radius 1 is 1.00 bits per heavy atom. The van der Waals surface area contributed by atoms with E-state index in [1.165, 1.54) is 4.31 Å². The van der Waals surface area contributed by atoms with E-state index in [1.54, 1.807) is 0 Å². The molecule has 24 heavy (non-hydrogen) atoms. The molecule has 0 N–H and O–H groups in total. The van der Waals surface area contributed by atoms with E-state index in [4.69, 9.17) is 4.74 Å². The third-order valence-corrected chi connectivity index (χ3v) is 6.02. The van der Waals surface area contributed by atoms with Crippen molar-refractivity contribution in [2.75, 3.05) is 23.2 Å². The molecule has 0 aromatic heterocycles. The van der Waals surface area contributed by atoms with Crippen LogP contribution in [0.15, 0.2) is 60.7 Å². The number of benzene rings is 2. The zero-order chi connectivity index (χ0) is 16.8. The van der Waals surface area contributed by atoms with Crippen molar-refractivity contribution in [3.8, 4) is 0 Å². The standard InChI is InChI=1S/C19H23NO3S/c21-24(22,15-13-17-8-3-1-4-9-17)20(16-19-12-7-14-23-19)18-10-5-2-6-11-18/h1-6,8-11,19H,7,12-16H2. The first kappa shape index (κ1) is 17.0. The molecule has 0 saturated carbocycles. The highest BCUT2D eigenvalue weighted by Crippen LogP contribution is 2.22. The lowest BCUT2D eigenvalue weighted by atomic mass is 10.2. The van der Waals surface area contributed by atoms with Gasteiger partial charge >= 0.3 is 0 Å². The molecule has 0 bridgehead atoms.